The van der Waals surface area contributed by atoms with E-state index in [0.717, 1.165) is 18.9 Å². The summed E-state index contributed by atoms with van der Waals surface area (Å²) in [5.74, 6) is -1.05. The number of carboxylic acid groups (broad SMARTS) is 1. The highest BCUT2D eigenvalue weighted by Crippen LogP contribution is 2.36. The summed E-state index contributed by atoms with van der Waals surface area (Å²) >= 11 is 0. The molecule has 0 amide bonds. The van der Waals surface area contributed by atoms with Crippen LogP contribution in [0.15, 0.2) is 24.3 Å². The van der Waals surface area contributed by atoms with Gasteiger partial charge in [-0.25, -0.2) is 4.79 Å². The van der Waals surface area contributed by atoms with E-state index >= 15 is 0 Å². The van der Waals surface area contributed by atoms with Crippen LogP contribution >= 0.6 is 0 Å². The molecule has 0 bridgehead atoms. The summed E-state index contributed by atoms with van der Waals surface area (Å²) in [5, 5.41) is 28.3. The Morgan fingerprint density at radius 2 is 2.05 bits per heavy atom. The second-order valence-corrected chi connectivity index (χ2v) is 5.66. The first kappa shape index (κ1) is 17.6. The predicted molar refractivity (Wildman–Crippen MR) is 78.7 cm³/mol. The van der Waals surface area contributed by atoms with Gasteiger partial charge in [-0.15, -0.1) is 0 Å². The zero-order valence-electron chi connectivity index (χ0n) is 12.3. The van der Waals surface area contributed by atoms with Gasteiger partial charge in [-0.2, -0.15) is 0 Å². The van der Waals surface area contributed by atoms with Crippen molar-refractivity contribution < 1.29 is 24.9 Å². The van der Waals surface area contributed by atoms with E-state index in [9.17, 15) is 19.8 Å². The van der Waals surface area contributed by atoms with Crippen molar-refractivity contribution in [2.45, 2.75) is 51.2 Å². The molecule has 0 aromatic carbocycles. The average molecular weight is 296 g/mol. The van der Waals surface area contributed by atoms with Crippen molar-refractivity contribution in [3.63, 3.8) is 0 Å². The van der Waals surface area contributed by atoms with Gasteiger partial charge in [-0.3, -0.25) is 0 Å². The van der Waals surface area contributed by atoms with Crippen LogP contribution in [-0.4, -0.2) is 39.3 Å². The van der Waals surface area contributed by atoms with Crippen LogP contribution in [-0.2, 0) is 9.59 Å². The number of carbonyl (C=O) groups is 2. The lowest BCUT2D eigenvalue weighted by atomic mass is 9.90. The van der Waals surface area contributed by atoms with Gasteiger partial charge >= 0.3 is 5.97 Å². The number of ketones is 1. The predicted octanol–water partition coefficient (Wildman–Crippen LogP) is 1.69. The van der Waals surface area contributed by atoms with Gasteiger partial charge in [0.15, 0.2) is 0 Å². The highest BCUT2D eigenvalue weighted by atomic mass is 16.4. The van der Waals surface area contributed by atoms with E-state index in [-0.39, 0.29) is 17.6 Å². The number of aliphatic carboxylic acids is 1. The summed E-state index contributed by atoms with van der Waals surface area (Å²) in [6.45, 7) is 1.57. The molecule has 0 saturated heterocycles. The molecular formula is C16H24O5. The van der Waals surface area contributed by atoms with Crippen molar-refractivity contribution in [2.75, 3.05) is 0 Å². The molecule has 0 aliphatic heterocycles. The minimum absolute atomic E-state index is 0.0331. The normalized spacial score (nSPS) is 27.5. The third kappa shape index (κ3) is 6.69. The van der Waals surface area contributed by atoms with E-state index < -0.39 is 18.2 Å². The van der Waals surface area contributed by atoms with Crippen molar-refractivity contribution in [1.29, 1.82) is 0 Å². The van der Waals surface area contributed by atoms with Crippen molar-refractivity contribution in [3.05, 3.63) is 24.3 Å². The average Bonchev–Trinajstić information content (AvgIpc) is 2.76. The third-order valence-electron chi connectivity index (χ3n) is 3.80. The van der Waals surface area contributed by atoms with E-state index in [1.165, 1.54) is 6.08 Å². The van der Waals surface area contributed by atoms with Crippen LogP contribution in [0, 0.1) is 11.8 Å². The Bertz CT molecular complexity index is 413. The number of allylic oxidation sites excluding steroid dienone is 2. The van der Waals surface area contributed by atoms with Gasteiger partial charge in [-0.1, -0.05) is 12.2 Å². The van der Waals surface area contributed by atoms with Crippen LogP contribution < -0.4 is 0 Å². The molecule has 21 heavy (non-hydrogen) atoms. The molecule has 0 unspecified atom stereocenters. The van der Waals surface area contributed by atoms with E-state index in [0.29, 0.717) is 19.3 Å². The van der Waals surface area contributed by atoms with Crippen LogP contribution in [0.25, 0.3) is 0 Å². The number of carboxylic acids is 1. The largest absolute Gasteiger partial charge is 0.478 e. The number of unbranched alkanes of at least 4 members (excludes halogenated alkanes) is 1. The van der Waals surface area contributed by atoms with Gasteiger partial charge in [0.1, 0.15) is 5.78 Å². The lowest BCUT2D eigenvalue weighted by Gasteiger charge is -2.19. The Morgan fingerprint density at radius 1 is 1.33 bits per heavy atom. The molecule has 5 nitrogen and oxygen atoms in total. The number of aliphatic hydroxyl groups excluding tert-OH is 2. The molecule has 1 aliphatic carbocycles. The van der Waals surface area contributed by atoms with E-state index in [1.54, 1.807) is 6.92 Å². The van der Waals surface area contributed by atoms with E-state index in [4.69, 9.17) is 5.11 Å². The maximum atomic E-state index is 10.8. The molecule has 1 rings (SSSR count). The Morgan fingerprint density at radius 3 is 2.67 bits per heavy atom. The molecule has 1 saturated carbocycles. The molecule has 118 valence electrons. The van der Waals surface area contributed by atoms with Gasteiger partial charge in [-0.05, 0) is 50.5 Å². The standard InChI is InChI=1S/C16H24O5/c1-11(17)5-3-2-4-6-12-9-13(18)10-14(12)15(19)7-8-16(20)21/h4,6-8,12-15,18-19H,2-3,5,9-10H2,1H3,(H,20,21)/b6-4+,8-7+/t12-,13+,14+,15-/m1/s1. The monoisotopic (exact) mass is 296 g/mol. The molecule has 1 aliphatic rings. The Balaban J connectivity index is 2.52. The molecule has 0 aromatic rings. The van der Waals surface area contributed by atoms with Crippen LogP contribution in [0.1, 0.15) is 39.0 Å². The summed E-state index contributed by atoms with van der Waals surface area (Å²) in [7, 11) is 0. The number of hydrogen-bond donors (Lipinski definition) is 3. The summed E-state index contributed by atoms with van der Waals surface area (Å²) < 4.78 is 0. The van der Waals surface area contributed by atoms with E-state index in [1.807, 2.05) is 12.2 Å². The van der Waals surface area contributed by atoms with Crippen LogP contribution in [0.2, 0.25) is 0 Å². The van der Waals surface area contributed by atoms with E-state index in [2.05, 4.69) is 0 Å². The molecule has 0 heterocycles. The van der Waals surface area contributed by atoms with Gasteiger partial charge < -0.3 is 20.1 Å². The molecule has 5 heteroatoms. The summed E-state index contributed by atoms with van der Waals surface area (Å²) in [6, 6.07) is 0. The highest BCUT2D eigenvalue weighted by Gasteiger charge is 2.35. The maximum absolute atomic E-state index is 10.8. The van der Waals surface area contributed by atoms with Crippen LogP contribution in [0.3, 0.4) is 0 Å². The van der Waals surface area contributed by atoms with Crippen molar-refractivity contribution in [2.24, 2.45) is 11.8 Å². The fourth-order valence-corrected chi connectivity index (χ4v) is 2.75. The SMILES string of the molecule is CC(=O)CCC/C=C/[C@@H]1C[C@H](O)C[C@@H]1[C@H](O)/C=C/C(=O)O. The molecule has 0 radical (unpaired) electrons. The van der Waals surface area contributed by atoms with Crippen molar-refractivity contribution in [1.82, 2.24) is 0 Å². The number of aliphatic hydroxyl groups is 2. The molecule has 0 spiro atoms. The Hall–Kier alpha value is -1.46. The quantitative estimate of drug-likeness (QED) is 0.360. The fourth-order valence-electron chi connectivity index (χ4n) is 2.75. The van der Waals surface area contributed by atoms with Crippen LogP contribution in [0.4, 0.5) is 0 Å². The lowest BCUT2D eigenvalue weighted by molar-refractivity contribution is -0.131. The summed E-state index contributed by atoms with van der Waals surface area (Å²) in [5.41, 5.74) is 0. The number of Topliss-reactive ketones (excluding diaryl/α,β-unsaturated/α-hetero) is 1. The Kier molecular flexibility index (Phi) is 7.32. The zero-order valence-corrected chi connectivity index (χ0v) is 12.3. The first-order valence-corrected chi connectivity index (χ1v) is 7.33. The van der Waals surface area contributed by atoms with Crippen LogP contribution in [0.5, 0.6) is 0 Å². The molecular weight excluding hydrogens is 272 g/mol. The number of rotatable bonds is 8. The van der Waals surface area contributed by atoms with Crippen molar-refractivity contribution >= 4 is 11.8 Å². The maximum Gasteiger partial charge on any atom is 0.328 e. The van der Waals surface area contributed by atoms with Gasteiger partial charge in [0.2, 0.25) is 0 Å². The topological polar surface area (TPSA) is 94.8 Å². The summed E-state index contributed by atoms with van der Waals surface area (Å²) in [4.78, 5) is 21.3. The van der Waals surface area contributed by atoms with Crippen molar-refractivity contribution in [3.8, 4) is 0 Å². The van der Waals surface area contributed by atoms with Gasteiger partial charge in [0.05, 0.1) is 12.2 Å². The highest BCUT2D eigenvalue weighted by molar-refractivity contribution is 5.79. The van der Waals surface area contributed by atoms with Gasteiger partial charge in [0, 0.05) is 12.5 Å². The third-order valence-corrected chi connectivity index (χ3v) is 3.80. The minimum Gasteiger partial charge on any atom is -0.478 e. The number of hydrogen-bond acceptors (Lipinski definition) is 4. The van der Waals surface area contributed by atoms with Gasteiger partial charge in [0.25, 0.3) is 0 Å². The smallest absolute Gasteiger partial charge is 0.328 e. The molecule has 0 aromatic heterocycles. The zero-order chi connectivity index (χ0) is 15.8. The molecule has 4 atom stereocenters. The fraction of sp³-hybridized carbons (Fsp3) is 0.625. The first-order chi connectivity index (χ1) is 9.90. The second kappa shape index (κ2) is 8.74. The second-order valence-electron chi connectivity index (χ2n) is 5.66. The minimum atomic E-state index is -1.09. The molecule has 1 fully saturated rings. The number of carbonyl (C=O) groups excluding carboxylic acids is 1. The summed E-state index contributed by atoms with van der Waals surface area (Å²) in [6.07, 6.45) is 8.01. The molecule has 3 N–H and O–H groups in total. The Labute approximate surface area is 125 Å². The first-order valence-electron chi connectivity index (χ1n) is 7.33. The lowest BCUT2D eigenvalue weighted by Crippen LogP contribution is -2.21.